The van der Waals surface area contributed by atoms with E-state index in [0.29, 0.717) is 26.0 Å². The fourth-order valence-corrected chi connectivity index (χ4v) is 4.87. The average molecular weight is 349 g/mol. The topological polar surface area (TPSA) is 64.4 Å². The van der Waals surface area contributed by atoms with Crippen LogP contribution in [0.15, 0.2) is 47.9 Å². The highest BCUT2D eigenvalue weighted by Crippen LogP contribution is 2.29. The number of nitrogens with zero attached hydrogens (tertiary/aromatic N) is 3. The summed E-state index contributed by atoms with van der Waals surface area (Å²) in [5.74, 6) is 0. The highest BCUT2D eigenvalue weighted by atomic mass is 32.2. The summed E-state index contributed by atoms with van der Waals surface area (Å²) < 4.78 is 35.0. The van der Waals surface area contributed by atoms with Gasteiger partial charge in [-0.2, -0.15) is 4.31 Å². The van der Waals surface area contributed by atoms with E-state index in [2.05, 4.69) is 4.98 Å². The summed E-state index contributed by atoms with van der Waals surface area (Å²) in [5, 5.41) is 0.0974. The summed E-state index contributed by atoms with van der Waals surface area (Å²) in [5.41, 5.74) is 1.11. The molecule has 0 radical (unpaired) electrons. The Morgan fingerprint density at radius 1 is 1.29 bits per heavy atom. The lowest BCUT2D eigenvalue weighted by atomic mass is 10.0. The Labute approximate surface area is 143 Å². The Hall–Kier alpha value is -1.70. The second-order valence-electron chi connectivity index (χ2n) is 6.03. The van der Waals surface area contributed by atoms with Crippen LogP contribution >= 0.6 is 0 Å². The first-order chi connectivity index (χ1) is 11.5. The van der Waals surface area contributed by atoms with E-state index in [4.69, 9.17) is 4.74 Å². The van der Waals surface area contributed by atoms with Crippen molar-refractivity contribution in [1.29, 1.82) is 0 Å². The van der Waals surface area contributed by atoms with Crippen LogP contribution in [0.25, 0.3) is 0 Å². The Morgan fingerprint density at radius 3 is 2.67 bits per heavy atom. The van der Waals surface area contributed by atoms with E-state index in [1.807, 2.05) is 37.3 Å². The Kier molecular flexibility index (Phi) is 5.03. The number of rotatable bonds is 6. The molecule has 7 heteroatoms. The summed E-state index contributed by atoms with van der Waals surface area (Å²) in [6.45, 7) is 2.98. The van der Waals surface area contributed by atoms with Crippen molar-refractivity contribution in [1.82, 2.24) is 13.9 Å². The summed E-state index contributed by atoms with van der Waals surface area (Å²) in [6.07, 6.45) is 4.31. The number of aromatic nitrogens is 2. The quantitative estimate of drug-likeness (QED) is 0.798. The van der Waals surface area contributed by atoms with Crippen LogP contribution in [0.1, 0.15) is 18.9 Å². The van der Waals surface area contributed by atoms with Crippen LogP contribution in [0.3, 0.4) is 0 Å². The highest BCUT2D eigenvalue weighted by molar-refractivity contribution is 7.89. The number of sulfonamides is 1. The van der Waals surface area contributed by atoms with Crippen molar-refractivity contribution in [3.8, 4) is 0 Å². The van der Waals surface area contributed by atoms with Crippen LogP contribution in [0.5, 0.6) is 0 Å². The lowest BCUT2D eigenvalue weighted by molar-refractivity contribution is 0.0457. The molecule has 0 spiro atoms. The molecular weight excluding hydrogens is 326 g/mol. The van der Waals surface area contributed by atoms with E-state index in [9.17, 15) is 8.42 Å². The first kappa shape index (κ1) is 17.1. The lowest BCUT2D eigenvalue weighted by Gasteiger charge is -2.27. The zero-order valence-electron chi connectivity index (χ0n) is 14.0. The molecule has 1 aliphatic heterocycles. The van der Waals surface area contributed by atoms with Crippen LogP contribution in [0.4, 0.5) is 0 Å². The third-order valence-corrected chi connectivity index (χ3v) is 6.17. The van der Waals surface area contributed by atoms with E-state index in [1.165, 1.54) is 6.33 Å². The highest BCUT2D eigenvalue weighted by Gasteiger charge is 2.42. The zero-order chi connectivity index (χ0) is 17.2. The largest absolute Gasteiger partial charge is 0.377 e. The second-order valence-corrected chi connectivity index (χ2v) is 7.87. The Morgan fingerprint density at radius 2 is 2.04 bits per heavy atom. The molecule has 130 valence electrons. The molecule has 0 amide bonds. The number of ether oxygens (including phenoxy) is 1. The molecule has 1 aromatic heterocycles. The molecule has 1 fully saturated rings. The van der Waals surface area contributed by atoms with Crippen molar-refractivity contribution in [2.24, 2.45) is 7.05 Å². The number of hydrogen-bond acceptors (Lipinski definition) is 4. The number of aryl methyl sites for hydroxylation is 1. The molecule has 24 heavy (non-hydrogen) atoms. The van der Waals surface area contributed by atoms with Crippen molar-refractivity contribution in [2.75, 3.05) is 13.2 Å². The van der Waals surface area contributed by atoms with Gasteiger partial charge in [-0.3, -0.25) is 0 Å². The summed E-state index contributed by atoms with van der Waals surface area (Å²) in [6, 6.07) is 9.73. The first-order valence-electron chi connectivity index (χ1n) is 8.17. The van der Waals surface area contributed by atoms with E-state index >= 15 is 0 Å². The van der Waals surface area contributed by atoms with Gasteiger partial charge in [0.1, 0.15) is 0 Å². The average Bonchev–Trinajstić information content (AvgIpc) is 3.17. The normalized spacial score (nSPS) is 22.1. The maximum absolute atomic E-state index is 13.0. The summed E-state index contributed by atoms with van der Waals surface area (Å²) >= 11 is 0. The fourth-order valence-electron chi connectivity index (χ4n) is 3.24. The van der Waals surface area contributed by atoms with Gasteiger partial charge in [0.15, 0.2) is 5.03 Å². The minimum absolute atomic E-state index is 0.0892. The molecule has 3 rings (SSSR count). The van der Waals surface area contributed by atoms with Gasteiger partial charge in [-0.1, -0.05) is 30.3 Å². The zero-order valence-corrected chi connectivity index (χ0v) is 14.8. The maximum Gasteiger partial charge on any atom is 0.262 e. The first-order valence-corrected chi connectivity index (χ1v) is 9.61. The van der Waals surface area contributed by atoms with Gasteiger partial charge < -0.3 is 9.30 Å². The molecule has 1 aromatic carbocycles. The third-order valence-electron chi connectivity index (χ3n) is 4.36. The van der Waals surface area contributed by atoms with Gasteiger partial charge in [-0.25, -0.2) is 13.4 Å². The van der Waals surface area contributed by atoms with Crippen molar-refractivity contribution in [2.45, 2.75) is 36.9 Å². The van der Waals surface area contributed by atoms with E-state index in [0.717, 1.165) is 5.56 Å². The summed E-state index contributed by atoms with van der Waals surface area (Å²) in [7, 11) is -1.85. The molecule has 0 N–H and O–H groups in total. The SMILES string of the molecule is CCO[C@@H]1CCN(S(=O)(=O)c2cn(C)cn2)[C@@H]1Cc1ccccc1. The van der Waals surface area contributed by atoms with Gasteiger partial charge in [0, 0.05) is 26.4 Å². The number of benzene rings is 1. The third kappa shape index (κ3) is 3.38. The molecule has 2 heterocycles. The van der Waals surface area contributed by atoms with Crippen LogP contribution in [0, 0.1) is 0 Å². The minimum Gasteiger partial charge on any atom is -0.377 e. The van der Waals surface area contributed by atoms with Gasteiger partial charge in [0.2, 0.25) is 0 Å². The van der Waals surface area contributed by atoms with E-state index in [1.54, 1.807) is 22.1 Å². The monoisotopic (exact) mass is 349 g/mol. The molecule has 1 aliphatic rings. The van der Waals surface area contributed by atoms with Crippen molar-refractivity contribution in [3.63, 3.8) is 0 Å². The number of imidazole rings is 1. The molecule has 2 atom stereocenters. The van der Waals surface area contributed by atoms with E-state index < -0.39 is 10.0 Å². The lowest BCUT2D eigenvalue weighted by Crippen LogP contribution is -2.42. The Bertz CT molecular complexity index is 773. The fraction of sp³-hybridized carbons (Fsp3) is 0.471. The smallest absolute Gasteiger partial charge is 0.262 e. The molecule has 0 unspecified atom stereocenters. The molecule has 1 saturated heterocycles. The van der Waals surface area contributed by atoms with Gasteiger partial charge in [0.05, 0.1) is 18.5 Å². The second kappa shape index (κ2) is 7.04. The predicted molar refractivity (Wildman–Crippen MR) is 91.1 cm³/mol. The van der Waals surface area contributed by atoms with Crippen LogP contribution in [0.2, 0.25) is 0 Å². The summed E-state index contributed by atoms with van der Waals surface area (Å²) in [4.78, 5) is 4.04. The molecule has 0 aliphatic carbocycles. The van der Waals surface area contributed by atoms with Crippen molar-refractivity contribution < 1.29 is 13.2 Å². The Balaban J connectivity index is 1.90. The van der Waals surface area contributed by atoms with Crippen LogP contribution in [-0.4, -0.2) is 47.6 Å². The molecule has 0 bridgehead atoms. The standard InChI is InChI=1S/C17H23N3O3S/c1-3-23-16-9-10-20(15(16)11-14-7-5-4-6-8-14)24(21,22)17-12-19(2)13-18-17/h4-8,12-13,15-16H,3,9-11H2,1-2H3/t15-,16-/m1/s1. The maximum atomic E-state index is 13.0. The van der Waals surface area contributed by atoms with Crippen LogP contribution < -0.4 is 0 Å². The molecule has 0 saturated carbocycles. The predicted octanol–water partition coefficient (Wildman–Crippen LogP) is 1.83. The van der Waals surface area contributed by atoms with Gasteiger partial charge in [-0.05, 0) is 25.3 Å². The van der Waals surface area contributed by atoms with E-state index in [-0.39, 0.29) is 17.2 Å². The minimum atomic E-state index is -3.62. The van der Waals surface area contributed by atoms with Gasteiger partial charge in [-0.15, -0.1) is 0 Å². The molecule has 6 nitrogen and oxygen atoms in total. The number of hydrogen-bond donors (Lipinski definition) is 0. The van der Waals surface area contributed by atoms with Gasteiger partial charge >= 0.3 is 0 Å². The molecular formula is C17H23N3O3S. The molecule has 2 aromatic rings. The van der Waals surface area contributed by atoms with Crippen LogP contribution in [-0.2, 0) is 28.2 Å². The van der Waals surface area contributed by atoms with Gasteiger partial charge in [0.25, 0.3) is 10.0 Å². The van der Waals surface area contributed by atoms with Crippen molar-refractivity contribution >= 4 is 10.0 Å². The van der Waals surface area contributed by atoms with Crippen molar-refractivity contribution in [3.05, 3.63) is 48.4 Å².